The van der Waals surface area contributed by atoms with Gasteiger partial charge in [0.1, 0.15) is 0 Å². The minimum atomic E-state index is -3.43. The third-order valence-electron chi connectivity index (χ3n) is 13.9. The van der Waals surface area contributed by atoms with Gasteiger partial charge in [0, 0.05) is 24.7 Å². The minimum Gasteiger partial charge on any atom is -0.414 e. The number of sulfone groups is 2. The molecule has 0 radical (unpaired) electrons. The molecule has 1 unspecified atom stereocenters. The maximum absolute atomic E-state index is 13.3. The lowest BCUT2D eigenvalue weighted by Gasteiger charge is -2.42. The Morgan fingerprint density at radius 1 is 0.734 bits per heavy atom. The molecule has 2 saturated heterocycles. The molecule has 10 nitrogen and oxygen atoms in total. The third kappa shape index (κ3) is 16.3. The zero-order valence-electron chi connectivity index (χ0n) is 41.8. The lowest BCUT2D eigenvalue weighted by molar-refractivity contribution is -0.0111. The summed E-state index contributed by atoms with van der Waals surface area (Å²) in [6.45, 7) is 34.6. The molecule has 2 fully saturated rings. The summed E-state index contributed by atoms with van der Waals surface area (Å²) >= 11 is 0. The molecule has 10 atom stereocenters. The first-order valence-corrected chi connectivity index (χ1v) is 31.7. The van der Waals surface area contributed by atoms with Gasteiger partial charge < -0.3 is 28.5 Å². The van der Waals surface area contributed by atoms with Crippen LogP contribution in [0.4, 0.5) is 4.39 Å². The Morgan fingerprint density at radius 3 is 1.45 bits per heavy atom. The fraction of sp³-hybridized carbons (Fsp3) is 0.673. The number of benzene rings is 2. The Kier molecular flexibility index (Phi) is 21.8. The number of rotatable bonds is 20. The maximum Gasteiger partial charge on any atom is 0.192 e. The molecule has 64 heavy (non-hydrogen) atoms. The summed E-state index contributed by atoms with van der Waals surface area (Å²) in [5, 5.41) is 18.9. The Labute approximate surface area is 390 Å². The molecule has 15 heteroatoms. The molecule has 0 amide bonds. The van der Waals surface area contributed by atoms with Crippen molar-refractivity contribution in [2.45, 2.75) is 164 Å². The van der Waals surface area contributed by atoms with E-state index in [1.54, 1.807) is 60.7 Å². The molecule has 2 aromatic rings. The number of halogens is 1. The first kappa shape index (κ1) is 56.3. The van der Waals surface area contributed by atoms with Crippen molar-refractivity contribution in [1.82, 2.24) is 0 Å². The van der Waals surface area contributed by atoms with Crippen molar-refractivity contribution in [1.29, 1.82) is 0 Å². The number of alkyl halides is 1. The highest BCUT2D eigenvalue weighted by molar-refractivity contribution is 7.91. The van der Waals surface area contributed by atoms with Crippen LogP contribution in [0.25, 0.3) is 0 Å². The van der Waals surface area contributed by atoms with E-state index in [2.05, 4.69) is 87.8 Å². The quantitative estimate of drug-likeness (QED) is 0.0972. The maximum atomic E-state index is 13.3. The van der Waals surface area contributed by atoms with Gasteiger partial charge >= 0.3 is 0 Å². The van der Waals surface area contributed by atoms with Gasteiger partial charge in [-0.05, 0) is 85.2 Å². The molecule has 0 spiro atoms. The lowest BCUT2D eigenvalue weighted by Crippen LogP contribution is -2.48. The van der Waals surface area contributed by atoms with Crippen LogP contribution in [0, 0.1) is 23.7 Å². The molecule has 2 aromatic carbocycles. The highest BCUT2D eigenvalue weighted by atomic mass is 32.2. The van der Waals surface area contributed by atoms with E-state index in [1.165, 1.54) is 0 Å². The van der Waals surface area contributed by atoms with E-state index < -0.39 is 49.6 Å². The predicted molar refractivity (Wildman–Crippen MR) is 264 cm³/mol. The monoisotopic (exact) mass is 972 g/mol. The molecule has 366 valence electrons. The average molecular weight is 973 g/mol. The molecule has 0 saturated carbocycles. The van der Waals surface area contributed by atoms with Crippen LogP contribution >= 0.6 is 0 Å². The second-order valence-corrected chi connectivity index (χ2v) is 34.2. The first-order chi connectivity index (χ1) is 30.0. The predicted octanol–water partition coefficient (Wildman–Crippen LogP) is 10.2. The molecular formula is C49H83FO10S2Si2. The number of aliphatic hydroxyl groups excluding tert-OH is 2. The summed E-state index contributed by atoms with van der Waals surface area (Å²) in [5.41, 5.74) is 0. The lowest BCUT2D eigenvalue weighted by atomic mass is 9.87. The van der Waals surface area contributed by atoms with Gasteiger partial charge in [-0.25, -0.2) is 16.8 Å². The standard InChI is InChI=1S/C30H54O5SSi2.C18H26O5S.CH3F/c1-13-17-27-26(22-36(31,32)25-18-15-14-16-19-25)23(2)28(34-27)20-24(35-38(11,12)30(6,7)8)21-33-37(9,10)29(3,4)5;1-3-7-17-16(13(2)18(23-17)10-14(20)11-19)12-24(21,22)15-8-5-4-6-9-15;1-2/h13-16,18-19,23-24,26-28H,1,17,20-22H2,2-12H3;3-6,8-9,13-14,16-20H,1,7,10-12H2,2H3;1H3/t23-,24+,26-,27+,28-;13-,14?,16-,17+,18-;/m11./s1/i;;1D. The molecule has 0 aromatic heterocycles. The third-order valence-corrected chi connectivity index (χ3v) is 26.6. The van der Waals surface area contributed by atoms with E-state index in [4.69, 9.17) is 24.8 Å². The number of ether oxygens (including phenoxy) is 2. The van der Waals surface area contributed by atoms with Gasteiger partial charge in [-0.15, -0.1) is 13.2 Å². The highest BCUT2D eigenvalue weighted by Crippen LogP contribution is 2.43. The second-order valence-electron chi connectivity index (χ2n) is 20.6. The van der Waals surface area contributed by atoms with E-state index in [9.17, 15) is 26.3 Å². The topological polar surface area (TPSA) is 146 Å². The van der Waals surface area contributed by atoms with E-state index in [0.29, 0.717) is 42.1 Å². The van der Waals surface area contributed by atoms with Gasteiger partial charge in [-0.2, -0.15) is 0 Å². The summed E-state index contributed by atoms with van der Waals surface area (Å²) in [4.78, 5) is 0.684. The van der Waals surface area contributed by atoms with Gasteiger partial charge in [0.05, 0.1) is 79.7 Å². The van der Waals surface area contributed by atoms with Crippen molar-refractivity contribution < 1.29 is 51.1 Å². The van der Waals surface area contributed by atoms with Gasteiger partial charge in [0.2, 0.25) is 0 Å². The van der Waals surface area contributed by atoms with Crippen LogP contribution in [-0.4, -0.2) is 112 Å². The van der Waals surface area contributed by atoms with Crippen LogP contribution < -0.4 is 0 Å². The second kappa shape index (κ2) is 24.8. The van der Waals surface area contributed by atoms with Crippen molar-refractivity contribution in [2.75, 3.05) is 31.9 Å². The molecule has 4 rings (SSSR count). The summed E-state index contributed by atoms with van der Waals surface area (Å²) < 4.78 is 93.7. The van der Waals surface area contributed by atoms with Crippen molar-refractivity contribution in [3.05, 3.63) is 86.0 Å². The molecule has 2 aliphatic rings. The fourth-order valence-corrected chi connectivity index (χ4v) is 13.8. The van der Waals surface area contributed by atoms with Gasteiger partial charge in [-0.1, -0.05) is 104 Å². The van der Waals surface area contributed by atoms with E-state index in [1.807, 2.05) is 19.1 Å². The van der Waals surface area contributed by atoms with Crippen LogP contribution in [0.2, 0.25) is 36.3 Å². The molecule has 2 heterocycles. The summed E-state index contributed by atoms with van der Waals surface area (Å²) in [6, 6.07) is 17.2. The first-order valence-electron chi connectivity index (χ1n) is 23.3. The number of hydrogen-bond acceptors (Lipinski definition) is 10. The number of aliphatic hydroxyl groups is 2. The van der Waals surface area contributed by atoms with Crippen molar-refractivity contribution >= 4 is 36.3 Å². The van der Waals surface area contributed by atoms with E-state index in [-0.39, 0.29) is 82.4 Å². The Balaban J connectivity index is 0.000000459. The molecule has 0 aliphatic carbocycles. The molecule has 0 bridgehead atoms. The van der Waals surface area contributed by atoms with Crippen LogP contribution in [0.5, 0.6) is 0 Å². The fourth-order valence-electron chi connectivity index (χ4n) is 7.79. The Bertz CT molecular complexity index is 1940. The van der Waals surface area contributed by atoms with E-state index in [0.717, 1.165) is 0 Å². The minimum absolute atomic E-state index is 0.00239. The summed E-state index contributed by atoms with van der Waals surface area (Å²) in [5.74, 6) is -0.183. The number of hydrogen-bond donors (Lipinski definition) is 2. The Hall–Kier alpha value is -2.06. The SMILES string of the molecule is C=CC[C@@H]1O[C@H](CC(O)CO)[C@H](C)[C@H]1CS(=O)(=O)c1ccccc1.C=CC[C@@H]1O[C@H](C[C@@H](CO[Si](C)(C)C(C)(C)C)O[Si](C)(C)C(C)(C)C)[C@H](C)[C@H]1CS(=O)(=O)c1ccccc1.[2H]CF. The molecule has 2 N–H and O–H groups in total. The zero-order chi connectivity index (χ0) is 49.6. The van der Waals surface area contributed by atoms with Crippen LogP contribution in [0.15, 0.2) is 95.8 Å². The summed E-state index contributed by atoms with van der Waals surface area (Å²) in [6.07, 6.45) is 3.99. The van der Waals surface area contributed by atoms with Crippen molar-refractivity contribution in [3.8, 4) is 0 Å². The largest absolute Gasteiger partial charge is 0.414 e. The van der Waals surface area contributed by atoms with Crippen molar-refractivity contribution in [3.63, 3.8) is 0 Å². The van der Waals surface area contributed by atoms with Crippen molar-refractivity contribution in [2.24, 2.45) is 23.7 Å². The normalized spacial score (nSPS) is 25.5. The van der Waals surface area contributed by atoms with E-state index >= 15 is 0 Å². The zero-order valence-corrected chi connectivity index (χ0v) is 44.5. The average Bonchev–Trinajstić information content (AvgIpc) is 3.65. The van der Waals surface area contributed by atoms with Crippen LogP contribution in [-0.2, 0) is 38.0 Å². The highest BCUT2D eigenvalue weighted by Gasteiger charge is 2.47. The van der Waals surface area contributed by atoms with Crippen LogP contribution in [0.1, 0.15) is 82.4 Å². The van der Waals surface area contributed by atoms with Crippen LogP contribution in [0.3, 0.4) is 0 Å². The van der Waals surface area contributed by atoms with Gasteiger partial charge in [0.25, 0.3) is 0 Å². The summed E-state index contributed by atoms with van der Waals surface area (Å²) in [7, 11) is -11.9. The van der Waals surface area contributed by atoms with Gasteiger partial charge in [0.15, 0.2) is 36.3 Å². The van der Waals surface area contributed by atoms with Gasteiger partial charge in [-0.3, -0.25) is 4.39 Å². The molecular weight excluding hydrogens is 888 g/mol. The molecule has 2 aliphatic heterocycles. The smallest absolute Gasteiger partial charge is 0.192 e. The Morgan fingerprint density at radius 2 is 1.11 bits per heavy atom.